The lowest BCUT2D eigenvalue weighted by Crippen LogP contribution is -2.12. The number of aliphatic imine (C=N–C) groups is 2. The molecule has 4 N–H and O–H groups in total. The van der Waals surface area contributed by atoms with Crippen LogP contribution >= 0.6 is 0 Å². The van der Waals surface area contributed by atoms with Crippen LogP contribution in [0.3, 0.4) is 0 Å². The Morgan fingerprint density at radius 1 is 0.520 bits per heavy atom. The maximum Gasteiger partial charge on any atom is 0.335 e. The number of carboxylic acid groups (broad SMARTS) is 2. The van der Waals surface area contributed by atoms with Crippen LogP contribution in [-0.2, 0) is 10.8 Å². The van der Waals surface area contributed by atoms with E-state index in [4.69, 9.17) is 9.98 Å². The van der Waals surface area contributed by atoms with E-state index >= 15 is 0 Å². The molecule has 0 saturated carbocycles. The van der Waals surface area contributed by atoms with Gasteiger partial charge in [-0.15, -0.1) is 0 Å². The molecule has 254 valence electrons. The molecule has 0 bridgehead atoms. The molecule has 0 aliphatic heterocycles. The summed E-state index contributed by atoms with van der Waals surface area (Å²) in [6.07, 6.45) is 3.18. The van der Waals surface area contributed by atoms with E-state index in [0.717, 1.165) is 22.3 Å². The molecule has 8 heteroatoms. The molecule has 8 nitrogen and oxygen atoms in total. The molecule has 5 aromatic carbocycles. The summed E-state index contributed by atoms with van der Waals surface area (Å²) in [5, 5.41) is 41.3. The average molecular weight is 669 g/mol. The van der Waals surface area contributed by atoms with Gasteiger partial charge in [0.15, 0.2) is 0 Å². The first-order valence-electron chi connectivity index (χ1n) is 16.1. The second kappa shape index (κ2) is 13.8. The molecule has 5 rings (SSSR count). The van der Waals surface area contributed by atoms with E-state index in [1.165, 1.54) is 0 Å². The van der Waals surface area contributed by atoms with Gasteiger partial charge in [0, 0.05) is 34.7 Å². The normalized spacial score (nSPS) is 12.1. The van der Waals surface area contributed by atoms with Gasteiger partial charge in [-0.2, -0.15) is 0 Å². The molecule has 0 atom stereocenters. The number of phenols is 2. The summed E-state index contributed by atoms with van der Waals surface area (Å²) >= 11 is 0. The van der Waals surface area contributed by atoms with Gasteiger partial charge in [-0.1, -0.05) is 77.9 Å². The number of para-hydroxylation sites is 2. The molecule has 0 aliphatic rings. The molecule has 0 fully saturated rings. The Kier molecular flexibility index (Phi) is 9.77. The molecule has 0 heterocycles. The zero-order valence-corrected chi connectivity index (χ0v) is 28.9. The molecule has 0 unspecified atom stereocenters. The van der Waals surface area contributed by atoms with Crippen molar-refractivity contribution in [1.82, 2.24) is 0 Å². The van der Waals surface area contributed by atoms with Gasteiger partial charge in [-0.3, -0.25) is 9.98 Å². The Labute approximate surface area is 291 Å². The standard InChI is InChI=1S/C42H40N2O6/c1-41(2,3)33-21-29(25-11-15-27(16-12-25)39(47)48)19-31(37(33)45)23-43-35-9-7-8-10-36(35)44-24-32-20-30(22-34(38(32)46)42(4,5)6)26-13-17-28(18-14-26)40(49)50/h7-24,45-46H,1-6H3,(H,47,48)(H,49,50). The van der Waals surface area contributed by atoms with Crippen LogP contribution in [0, 0.1) is 0 Å². The topological polar surface area (TPSA) is 140 Å². The van der Waals surface area contributed by atoms with Gasteiger partial charge in [-0.05, 0) is 93.7 Å². The number of hydrogen-bond donors (Lipinski definition) is 4. The second-order valence-electron chi connectivity index (χ2n) is 14.2. The molecule has 0 aromatic heterocycles. The Morgan fingerprint density at radius 2 is 0.860 bits per heavy atom. The lowest BCUT2D eigenvalue weighted by molar-refractivity contribution is 0.0686. The zero-order chi connectivity index (χ0) is 36.4. The van der Waals surface area contributed by atoms with E-state index in [9.17, 15) is 30.0 Å². The molecule has 0 spiro atoms. The number of phenolic OH excluding ortho intramolecular Hbond substituents is 2. The van der Waals surface area contributed by atoms with Gasteiger partial charge >= 0.3 is 11.9 Å². The van der Waals surface area contributed by atoms with Crippen molar-refractivity contribution >= 4 is 35.7 Å². The van der Waals surface area contributed by atoms with Crippen LogP contribution in [0.2, 0.25) is 0 Å². The predicted molar refractivity (Wildman–Crippen MR) is 199 cm³/mol. The smallest absolute Gasteiger partial charge is 0.335 e. The van der Waals surface area contributed by atoms with Crippen molar-refractivity contribution in [2.45, 2.75) is 52.4 Å². The molecule has 0 radical (unpaired) electrons. The van der Waals surface area contributed by atoms with E-state index in [2.05, 4.69) is 0 Å². The summed E-state index contributed by atoms with van der Waals surface area (Å²) < 4.78 is 0. The summed E-state index contributed by atoms with van der Waals surface area (Å²) in [5.74, 6) is -1.81. The van der Waals surface area contributed by atoms with Gasteiger partial charge < -0.3 is 20.4 Å². The number of nitrogens with zero attached hydrogens (tertiary/aromatic N) is 2. The third-order valence-electron chi connectivity index (χ3n) is 8.39. The third-order valence-corrected chi connectivity index (χ3v) is 8.39. The monoisotopic (exact) mass is 668 g/mol. The highest BCUT2D eigenvalue weighted by atomic mass is 16.4. The van der Waals surface area contributed by atoms with Crippen molar-refractivity contribution in [1.29, 1.82) is 0 Å². The summed E-state index contributed by atoms with van der Waals surface area (Å²) in [6.45, 7) is 12.0. The van der Waals surface area contributed by atoms with Crippen molar-refractivity contribution in [3.63, 3.8) is 0 Å². The number of carbonyl (C=O) groups is 2. The number of hydrogen-bond acceptors (Lipinski definition) is 6. The van der Waals surface area contributed by atoms with Crippen LogP contribution in [0.1, 0.15) is 84.5 Å². The highest BCUT2D eigenvalue weighted by Crippen LogP contribution is 2.39. The van der Waals surface area contributed by atoms with Crippen LogP contribution in [0.4, 0.5) is 11.4 Å². The fourth-order valence-corrected chi connectivity index (χ4v) is 5.56. The predicted octanol–water partition coefficient (Wildman–Crippen LogP) is 9.92. The molecule has 0 aliphatic carbocycles. The van der Waals surface area contributed by atoms with Gasteiger partial charge in [-0.25, -0.2) is 9.59 Å². The maximum atomic E-state index is 11.4. The van der Waals surface area contributed by atoms with Gasteiger partial charge in [0.2, 0.25) is 0 Å². The zero-order valence-electron chi connectivity index (χ0n) is 28.9. The van der Waals surface area contributed by atoms with Crippen LogP contribution in [0.15, 0.2) is 107 Å². The third kappa shape index (κ3) is 7.81. The molecule has 0 saturated heterocycles. The molecular formula is C42H40N2O6. The van der Waals surface area contributed by atoms with Crippen molar-refractivity contribution < 1.29 is 30.0 Å². The first-order chi connectivity index (χ1) is 23.5. The van der Waals surface area contributed by atoms with E-state index < -0.39 is 22.8 Å². The SMILES string of the molecule is CC(C)(C)c1cc(-c2ccc(C(=O)O)cc2)cc(C=Nc2ccccc2N=Cc2cc(-c3ccc(C(=O)O)cc3)cc(C(C)(C)C)c2O)c1O. The minimum atomic E-state index is -1.00. The van der Waals surface area contributed by atoms with Crippen molar-refractivity contribution in [2.75, 3.05) is 0 Å². The fraction of sp³-hybridized carbons (Fsp3) is 0.190. The first kappa shape index (κ1) is 35.3. The summed E-state index contributed by atoms with van der Waals surface area (Å²) in [5.41, 5.74) is 6.27. The fourth-order valence-electron chi connectivity index (χ4n) is 5.56. The lowest BCUT2D eigenvalue weighted by atomic mass is 9.83. The first-order valence-corrected chi connectivity index (χ1v) is 16.1. The maximum absolute atomic E-state index is 11.4. The minimum Gasteiger partial charge on any atom is -0.507 e. The van der Waals surface area contributed by atoms with Crippen molar-refractivity contribution in [3.05, 3.63) is 130 Å². The van der Waals surface area contributed by atoms with Gasteiger partial charge in [0.05, 0.1) is 22.5 Å². The molecule has 50 heavy (non-hydrogen) atoms. The van der Waals surface area contributed by atoms with Crippen LogP contribution < -0.4 is 0 Å². The minimum absolute atomic E-state index is 0.0981. The lowest BCUT2D eigenvalue weighted by Gasteiger charge is -2.23. The Balaban J connectivity index is 1.54. The van der Waals surface area contributed by atoms with E-state index in [-0.39, 0.29) is 22.6 Å². The Morgan fingerprint density at radius 3 is 1.16 bits per heavy atom. The molecular weight excluding hydrogens is 628 g/mol. The molecule has 5 aromatic rings. The Hall–Kier alpha value is -6.02. The molecule has 0 amide bonds. The highest BCUT2D eigenvalue weighted by molar-refractivity contribution is 5.93. The number of aromatic hydroxyl groups is 2. The van der Waals surface area contributed by atoms with Crippen LogP contribution in [0.5, 0.6) is 11.5 Å². The second-order valence-corrected chi connectivity index (χ2v) is 14.2. The summed E-state index contributed by atoms with van der Waals surface area (Å²) in [6, 6.07) is 27.9. The van der Waals surface area contributed by atoms with E-state index in [1.807, 2.05) is 77.9 Å². The van der Waals surface area contributed by atoms with Crippen molar-refractivity contribution in [3.8, 4) is 33.8 Å². The number of benzene rings is 5. The summed E-state index contributed by atoms with van der Waals surface area (Å²) in [4.78, 5) is 32.2. The van der Waals surface area contributed by atoms with Gasteiger partial charge in [0.1, 0.15) is 11.5 Å². The number of rotatable bonds is 8. The summed E-state index contributed by atoms with van der Waals surface area (Å²) in [7, 11) is 0. The van der Waals surface area contributed by atoms with Crippen molar-refractivity contribution in [2.24, 2.45) is 9.98 Å². The van der Waals surface area contributed by atoms with E-state index in [0.29, 0.717) is 33.6 Å². The highest BCUT2D eigenvalue weighted by Gasteiger charge is 2.23. The quantitative estimate of drug-likeness (QED) is 0.121. The van der Waals surface area contributed by atoms with Crippen LogP contribution in [0.25, 0.3) is 22.3 Å². The Bertz CT molecular complexity index is 1980. The number of carboxylic acids is 2. The average Bonchev–Trinajstić information content (AvgIpc) is 3.06. The largest absolute Gasteiger partial charge is 0.507 e. The van der Waals surface area contributed by atoms with E-state index in [1.54, 1.807) is 73.1 Å². The van der Waals surface area contributed by atoms with Crippen LogP contribution in [-0.4, -0.2) is 44.8 Å². The number of aromatic carboxylic acids is 2. The van der Waals surface area contributed by atoms with Gasteiger partial charge in [0.25, 0.3) is 0 Å².